The van der Waals surface area contributed by atoms with E-state index >= 15 is 0 Å². The molecule has 0 aliphatic carbocycles. The zero-order chi connectivity index (χ0) is 19.4. The Kier molecular flexibility index (Phi) is 5.71. The number of hydrogen-bond acceptors (Lipinski definition) is 5. The van der Waals surface area contributed by atoms with E-state index in [2.05, 4.69) is 15.2 Å². The summed E-state index contributed by atoms with van der Waals surface area (Å²) in [6, 6.07) is 11.0. The number of amides is 1. The molecular weight excluding hydrogens is 346 g/mol. The lowest BCUT2D eigenvalue weighted by Crippen LogP contribution is -2.45. The molecule has 142 valence electrons. The number of anilines is 1. The summed E-state index contributed by atoms with van der Waals surface area (Å²) < 4.78 is 5.74. The number of carboxylic acids is 1. The second kappa shape index (κ2) is 8.18. The van der Waals surface area contributed by atoms with Gasteiger partial charge in [0.1, 0.15) is 5.69 Å². The zero-order valence-electron chi connectivity index (χ0n) is 15.3. The number of nitrogens with zero attached hydrogens (tertiary/aromatic N) is 2. The Balaban J connectivity index is 1.78. The molecule has 1 aliphatic rings. The molecule has 2 unspecified atom stereocenters. The van der Waals surface area contributed by atoms with Gasteiger partial charge in [0.2, 0.25) is 0 Å². The van der Waals surface area contributed by atoms with E-state index in [1.165, 1.54) is 0 Å². The monoisotopic (exact) mass is 369 g/mol. The number of aliphatic carboxylic acids is 1. The number of morpholine rings is 1. The molecule has 7 heteroatoms. The maximum absolute atomic E-state index is 12.6. The van der Waals surface area contributed by atoms with Crippen molar-refractivity contribution in [1.82, 2.24) is 10.3 Å². The smallest absolute Gasteiger partial charge is 0.330 e. The first-order valence-corrected chi connectivity index (χ1v) is 8.89. The van der Waals surface area contributed by atoms with Crippen molar-refractivity contribution in [3.05, 3.63) is 59.9 Å². The number of aromatic nitrogens is 1. The molecule has 2 aromatic rings. The molecule has 1 fully saturated rings. The normalized spacial score (nSPS) is 20.7. The van der Waals surface area contributed by atoms with Gasteiger partial charge in [0.25, 0.3) is 5.91 Å². The SMILES string of the molecule is CC1CN(c2ccnc(C(=O)N[C@@H](C(=O)O)c3ccccc3)c2)CC(C)O1. The average molecular weight is 369 g/mol. The van der Waals surface area contributed by atoms with E-state index in [1.807, 2.05) is 19.9 Å². The lowest BCUT2D eigenvalue weighted by molar-refractivity contribution is -0.139. The zero-order valence-corrected chi connectivity index (χ0v) is 15.3. The van der Waals surface area contributed by atoms with Crippen molar-refractivity contribution in [2.24, 2.45) is 0 Å². The van der Waals surface area contributed by atoms with Gasteiger partial charge in [-0.25, -0.2) is 4.79 Å². The maximum Gasteiger partial charge on any atom is 0.330 e. The molecule has 1 aromatic heterocycles. The van der Waals surface area contributed by atoms with Crippen LogP contribution in [0.2, 0.25) is 0 Å². The third-order valence-electron chi connectivity index (χ3n) is 4.42. The number of benzene rings is 1. The molecule has 1 aliphatic heterocycles. The van der Waals surface area contributed by atoms with Crippen LogP contribution in [0.3, 0.4) is 0 Å². The number of carbonyl (C=O) groups is 2. The third kappa shape index (κ3) is 4.62. The molecule has 0 bridgehead atoms. The first-order chi connectivity index (χ1) is 12.9. The van der Waals surface area contributed by atoms with Gasteiger partial charge in [-0.2, -0.15) is 0 Å². The van der Waals surface area contributed by atoms with Crippen LogP contribution in [-0.4, -0.2) is 47.3 Å². The second-order valence-electron chi connectivity index (χ2n) is 6.72. The molecule has 27 heavy (non-hydrogen) atoms. The minimum absolute atomic E-state index is 0.0914. The van der Waals surface area contributed by atoms with Crippen LogP contribution in [0.5, 0.6) is 0 Å². The third-order valence-corrected chi connectivity index (χ3v) is 4.42. The molecule has 2 heterocycles. The van der Waals surface area contributed by atoms with Crippen LogP contribution in [0.25, 0.3) is 0 Å². The number of nitrogens with one attached hydrogen (secondary N) is 1. The highest BCUT2D eigenvalue weighted by Crippen LogP contribution is 2.21. The molecule has 7 nitrogen and oxygen atoms in total. The van der Waals surface area contributed by atoms with Crippen molar-refractivity contribution in [1.29, 1.82) is 0 Å². The van der Waals surface area contributed by atoms with Crippen LogP contribution in [0.15, 0.2) is 48.7 Å². The van der Waals surface area contributed by atoms with Gasteiger partial charge in [-0.15, -0.1) is 0 Å². The molecule has 0 saturated carbocycles. The Morgan fingerprint density at radius 3 is 2.48 bits per heavy atom. The summed E-state index contributed by atoms with van der Waals surface area (Å²) in [5, 5.41) is 12.0. The first-order valence-electron chi connectivity index (χ1n) is 8.89. The molecule has 1 amide bonds. The first kappa shape index (κ1) is 18.8. The standard InChI is InChI=1S/C20H23N3O4/c1-13-11-23(12-14(2)27-13)16-8-9-21-17(10-16)19(24)22-18(20(25)26)15-6-4-3-5-7-15/h3-10,13-14,18H,11-12H2,1-2H3,(H,22,24)(H,25,26)/t13?,14?,18-/m1/s1. The summed E-state index contributed by atoms with van der Waals surface area (Å²) in [6.45, 7) is 5.46. The molecule has 1 saturated heterocycles. The summed E-state index contributed by atoms with van der Waals surface area (Å²) in [4.78, 5) is 30.5. The summed E-state index contributed by atoms with van der Waals surface area (Å²) in [7, 11) is 0. The van der Waals surface area contributed by atoms with Crippen molar-refractivity contribution in [2.45, 2.75) is 32.1 Å². The predicted molar refractivity (Wildman–Crippen MR) is 101 cm³/mol. The van der Waals surface area contributed by atoms with E-state index in [9.17, 15) is 14.7 Å². The van der Waals surface area contributed by atoms with Gasteiger partial charge in [0.15, 0.2) is 6.04 Å². The van der Waals surface area contributed by atoms with Crippen LogP contribution in [0.4, 0.5) is 5.69 Å². The number of rotatable bonds is 5. The van der Waals surface area contributed by atoms with Crippen molar-refractivity contribution >= 4 is 17.6 Å². The van der Waals surface area contributed by atoms with Crippen molar-refractivity contribution in [3.63, 3.8) is 0 Å². The number of ether oxygens (including phenoxy) is 1. The number of hydrogen-bond donors (Lipinski definition) is 2. The van der Waals surface area contributed by atoms with E-state index in [0.717, 1.165) is 18.8 Å². The molecule has 3 rings (SSSR count). The van der Waals surface area contributed by atoms with Gasteiger partial charge < -0.3 is 20.1 Å². The van der Waals surface area contributed by atoms with Gasteiger partial charge in [-0.1, -0.05) is 30.3 Å². The number of pyridine rings is 1. The van der Waals surface area contributed by atoms with Gasteiger partial charge >= 0.3 is 5.97 Å². The van der Waals surface area contributed by atoms with Crippen molar-refractivity contribution in [3.8, 4) is 0 Å². The van der Waals surface area contributed by atoms with E-state index < -0.39 is 17.9 Å². The highest BCUT2D eigenvalue weighted by molar-refractivity contribution is 5.96. The van der Waals surface area contributed by atoms with E-state index in [4.69, 9.17) is 4.74 Å². The molecular formula is C20H23N3O4. The van der Waals surface area contributed by atoms with Gasteiger partial charge in [0.05, 0.1) is 12.2 Å². The fourth-order valence-electron chi connectivity index (χ4n) is 3.27. The molecule has 3 atom stereocenters. The molecule has 1 aromatic carbocycles. The summed E-state index contributed by atoms with van der Waals surface area (Å²) in [5.41, 5.74) is 1.55. The topological polar surface area (TPSA) is 91.8 Å². The van der Waals surface area contributed by atoms with E-state index in [1.54, 1.807) is 42.6 Å². The number of carboxylic acid groups (broad SMARTS) is 1. The molecule has 0 spiro atoms. The largest absolute Gasteiger partial charge is 0.479 e. The highest BCUT2D eigenvalue weighted by Gasteiger charge is 2.25. The lowest BCUT2D eigenvalue weighted by atomic mass is 10.1. The molecule has 0 radical (unpaired) electrons. The van der Waals surface area contributed by atoms with Gasteiger partial charge in [0, 0.05) is 25.0 Å². The van der Waals surface area contributed by atoms with Gasteiger partial charge in [-0.05, 0) is 31.5 Å². The summed E-state index contributed by atoms with van der Waals surface area (Å²) in [6.07, 6.45) is 1.75. The Labute approximate surface area is 158 Å². The quantitative estimate of drug-likeness (QED) is 0.840. The maximum atomic E-state index is 12.6. The Morgan fingerprint density at radius 1 is 1.19 bits per heavy atom. The van der Waals surface area contributed by atoms with Crippen LogP contribution < -0.4 is 10.2 Å². The Hall–Kier alpha value is -2.93. The lowest BCUT2D eigenvalue weighted by Gasteiger charge is -2.36. The second-order valence-corrected chi connectivity index (χ2v) is 6.72. The minimum Gasteiger partial charge on any atom is -0.479 e. The van der Waals surface area contributed by atoms with Crippen LogP contribution in [-0.2, 0) is 9.53 Å². The summed E-state index contributed by atoms with van der Waals surface area (Å²) >= 11 is 0. The fourth-order valence-corrected chi connectivity index (χ4v) is 3.27. The Bertz CT molecular complexity index is 802. The highest BCUT2D eigenvalue weighted by atomic mass is 16.5. The fraction of sp³-hybridized carbons (Fsp3) is 0.350. The van der Waals surface area contributed by atoms with Crippen LogP contribution in [0.1, 0.15) is 35.9 Å². The summed E-state index contributed by atoms with van der Waals surface area (Å²) in [5.74, 6) is -1.65. The average Bonchev–Trinajstić information content (AvgIpc) is 2.65. The minimum atomic E-state index is -1.13. The predicted octanol–water partition coefficient (Wildman–Crippen LogP) is 2.25. The number of carbonyl (C=O) groups excluding carboxylic acids is 1. The molecule has 2 N–H and O–H groups in total. The van der Waals surface area contributed by atoms with Crippen molar-refractivity contribution < 1.29 is 19.4 Å². The van der Waals surface area contributed by atoms with Gasteiger partial charge in [-0.3, -0.25) is 9.78 Å². The van der Waals surface area contributed by atoms with Crippen molar-refractivity contribution in [2.75, 3.05) is 18.0 Å². The van der Waals surface area contributed by atoms with Crippen LogP contribution in [0, 0.1) is 0 Å². The van der Waals surface area contributed by atoms with E-state index in [0.29, 0.717) is 5.56 Å². The van der Waals surface area contributed by atoms with E-state index in [-0.39, 0.29) is 17.9 Å². The Morgan fingerprint density at radius 2 is 1.85 bits per heavy atom. The van der Waals surface area contributed by atoms with Crippen LogP contribution >= 0.6 is 0 Å².